The first-order valence-electron chi connectivity index (χ1n) is 8.07. The lowest BCUT2D eigenvalue weighted by Gasteiger charge is -2.27. The maximum Gasteiger partial charge on any atom is 0.174 e. The molecule has 0 spiro atoms. The number of thiocarbonyl (C=S) groups is 1. The molecule has 4 nitrogen and oxygen atoms in total. The van der Waals surface area contributed by atoms with Gasteiger partial charge in [-0.1, -0.05) is 17.7 Å². The molecule has 1 N–H and O–H groups in total. The molecule has 2 aromatic heterocycles. The normalized spacial score (nSPS) is 19.5. The molecule has 1 aliphatic rings. The van der Waals surface area contributed by atoms with Gasteiger partial charge in [0.05, 0.1) is 29.2 Å². The second-order valence-electron chi connectivity index (χ2n) is 5.84. The fraction of sp³-hybridized carbons (Fsp3) is 0.158. The fourth-order valence-corrected chi connectivity index (χ4v) is 4.69. The Bertz CT molecular complexity index is 914. The maximum absolute atomic E-state index is 6.22. The molecule has 1 fully saturated rings. The first-order valence-corrected chi connectivity index (χ1v) is 9.67. The lowest BCUT2D eigenvalue weighted by Crippen LogP contribution is -2.28. The monoisotopic (exact) mass is 401 g/mol. The summed E-state index contributed by atoms with van der Waals surface area (Å²) >= 11 is 13.5. The number of pyridine rings is 1. The molecule has 4 rings (SSSR count). The number of hydrogen-bond donors (Lipinski definition) is 1. The van der Waals surface area contributed by atoms with Gasteiger partial charge in [0.15, 0.2) is 5.11 Å². The van der Waals surface area contributed by atoms with Gasteiger partial charge in [-0.3, -0.25) is 4.98 Å². The largest absolute Gasteiger partial charge is 0.497 e. The Labute approximate surface area is 166 Å². The quantitative estimate of drug-likeness (QED) is 0.624. The van der Waals surface area contributed by atoms with Gasteiger partial charge in [0.2, 0.25) is 0 Å². The molecule has 3 heterocycles. The van der Waals surface area contributed by atoms with Crippen molar-refractivity contribution in [3.05, 3.63) is 75.7 Å². The zero-order chi connectivity index (χ0) is 18.1. The van der Waals surface area contributed by atoms with Crippen molar-refractivity contribution >= 4 is 46.0 Å². The molecule has 7 heteroatoms. The van der Waals surface area contributed by atoms with Crippen molar-refractivity contribution in [1.82, 2.24) is 10.3 Å². The molecule has 0 amide bonds. The third-order valence-corrected chi connectivity index (χ3v) is 5.95. The van der Waals surface area contributed by atoms with E-state index in [4.69, 9.17) is 28.6 Å². The molecule has 3 aromatic rings. The van der Waals surface area contributed by atoms with Gasteiger partial charge in [0.25, 0.3) is 0 Å². The van der Waals surface area contributed by atoms with Crippen LogP contribution in [0.2, 0.25) is 4.34 Å². The van der Waals surface area contributed by atoms with E-state index < -0.39 is 0 Å². The summed E-state index contributed by atoms with van der Waals surface area (Å²) in [5, 5.41) is 4.10. The second kappa shape index (κ2) is 7.23. The summed E-state index contributed by atoms with van der Waals surface area (Å²) in [6.45, 7) is 0. The van der Waals surface area contributed by atoms with Crippen molar-refractivity contribution in [2.45, 2.75) is 12.1 Å². The summed E-state index contributed by atoms with van der Waals surface area (Å²) in [5.41, 5.74) is 1.94. The van der Waals surface area contributed by atoms with Crippen molar-refractivity contribution in [1.29, 1.82) is 0 Å². The Morgan fingerprint density at radius 2 is 1.96 bits per heavy atom. The number of hydrogen-bond acceptors (Lipinski definition) is 4. The minimum Gasteiger partial charge on any atom is -0.497 e. The predicted octanol–water partition coefficient (Wildman–Crippen LogP) is 4.98. The van der Waals surface area contributed by atoms with Gasteiger partial charge in [-0.05, 0) is 60.7 Å². The molecule has 0 unspecified atom stereocenters. The predicted molar refractivity (Wildman–Crippen MR) is 110 cm³/mol. The minimum absolute atomic E-state index is 0.0247. The topological polar surface area (TPSA) is 37.4 Å². The molecule has 1 aromatic carbocycles. The van der Waals surface area contributed by atoms with Crippen molar-refractivity contribution in [2.75, 3.05) is 12.0 Å². The number of methoxy groups -OCH3 is 1. The standard InChI is InChI=1S/C19H16ClN3OS2/c1-24-13-7-5-12(6-8-13)23-18(15-9-10-16(20)26-15)17(22-19(23)25)14-4-2-3-11-21-14/h2-11,17-18H,1H3,(H,22,25)/t17-,18+/m1/s1. The van der Waals surface area contributed by atoms with Gasteiger partial charge in [0, 0.05) is 16.8 Å². The number of nitrogens with one attached hydrogen (secondary N) is 1. The van der Waals surface area contributed by atoms with Crippen LogP contribution in [0.15, 0.2) is 60.8 Å². The molecule has 26 heavy (non-hydrogen) atoms. The third-order valence-electron chi connectivity index (χ3n) is 4.33. The van der Waals surface area contributed by atoms with E-state index >= 15 is 0 Å². The van der Waals surface area contributed by atoms with Crippen molar-refractivity contribution in [3.8, 4) is 5.75 Å². The van der Waals surface area contributed by atoms with E-state index in [0.29, 0.717) is 5.11 Å². The number of thiophene rings is 1. The van der Waals surface area contributed by atoms with E-state index in [2.05, 4.69) is 21.3 Å². The Hall–Kier alpha value is -2.15. The third kappa shape index (κ3) is 3.16. The van der Waals surface area contributed by atoms with Gasteiger partial charge in [-0.2, -0.15) is 0 Å². The zero-order valence-corrected chi connectivity index (χ0v) is 16.3. The first-order chi connectivity index (χ1) is 12.7. The molecule has 1 saturated heterocycles. The molecule has 0 bridgehead atoms. The zero-order valence-electron chi connectivity index (χ0n) is 13.9. The summed E-state index contributed by atoms with van der Waals surface area (Å²) in [5.74, 6) is 0.809. The molecular formula is C19H16ClN3OS2. The van der Waals surface area contributed by atoms with Gasteiger partial charge in [-0.15, -0.1) is 11.3 Å². The van der Waals surface area contributed by atoms with E-state index in [1.807, 2.05) is 48.5 Å². The first kappa shape index (κ1) is 17.3. The molecule has 0 aliphatic carbocycles. The van der Waals surface area contributed by atoms with Crippen LogP contribution >= 0.6 is 35.2 Å². The number of halogens is 1. The minimum atomic E-state index is -0.0551. The smallest absolute Gasteiger partial charge is 0.174 e. The second-order valence-corrected chi connectivity index (χ2v) is 7.97. The van der Waals surface area contributed by atoms with E-state index in [-0.39, 0.29) is 12.1 Å². The van der Waals surface area contributed by atoms with Crippen LogP contribution in [-0.4, -0.2) is 17.2 Å². The van der Waals surface area contributed by atoms with Crippen LogP contribution in [0.3, 0.4) is 0 Å². The van der Waals surface area contributed by atoms with Crippen LogP contribution < -0.4 is 15.0 Å². The molecular weight excluding hydrogens is 386 g/mol. The molecule has 1 aliphatic heterocycles. The molecule has 2 atom stereocenters. The Kier molecular flexibility index (Phi) is 4.80. The Morgan fingerprint density at radius 1 is 1.15 bits per heavy atom. The number of benzene rings is 1. The maximum atomic E-state index is 6.22. The molecule has 132 valence electrons. The highest BCUT2D eigenvalue weighted by Crippen LogP contribution is 2.44. The van der Waals surface area contributed by atoms with Crippen molar-refractivity contribution < 1.29 is 4.74 Å². The fourth-order valence-electron chi connectivity index (χ4n) is 3.15. The number of aromatic nitrogens is 1. The highest BCUT2D eigenvalue weighted by Gasteiger charge is 2.41. The van der Waals surface area contributed by atoms with Crippen LogP contribution in [-0.2, 0) is 0 Å². The van der Waals surface area contributed by atoms with Crippen LogP contribution in [0.25, 0.3) is 0 Å². The van der Waals surface area contributed by atoms with Gasteiger partial charge < -0.3 is 15.0 Å². The average Bonchev–Trinajstić information content (AvgIpc) is 3.25. The molecule has 0 radical (unpaired) electrons. The highest BCUT2D eigenvalue weighted by atomic mass is 35.5. The van der Waals surface area contributed by atoms with Gasteiger partial charge in [-0.25, -0.2) is 0 Å². The summed E-state index contributed by atoms with van der Waals surface area (Å²) in [6.07, 6.45) is 1.80. The summed E-state index contributed by atoms with van der Waals surface area (Å²) in [6, 6.07) is 17.7. The van der Waals surface area contributed by atoms with Gasteiger partial charge >= 0.3 is 0 Å². The lowest BCUT2D eigenvalue weighted by molar-refractivity contribution is 0.415. The van der Waals surface area contributed by atoms with E-state index in [1.165, 1.54) is 0 Å². The summed E-state index contributed by atoms with van der Waals surface area (Å²) < 4.78 is 6.03. The highest BCUT2D eigenvalue weighted by molar-refractivity contribution is 7.80. The van der Waals surface area contributed by atoms with Crippen LogP contribution in [0, 0.1) is 0 Å². The van der Waals surface area contributed by atoms with Crippen molar-refractivity contribution in [3.63, 3.8) is 0 Å². The van der Waals surface area contributed by atoms with Gasteiger partial charge in [0.1, 0.15) is 5.75 Å². The number of ether oxygens (including phenoxy) is 1. The Morgan fingerprint density at radius 3 is 2.58 bits per heavy atom. The number of nitrogens with zero attached hydrogens (tertiary/aromatic N) is 2. The summed E-state index contributed by atoms with van der Waals surface area (Å²) in [7, 11) is 1.66. The summed E-state index contributed by atoms with van der Waals surface area (Å²) in [4.78, 5) is 7.79. The van der Waals surface area contributed by atoms with E-state index in [9.17, 15) is 0 Å². The Balaban J connectivity index is 1.79. The van der Waals surface area contributed by atoms with E-state index in [0.717, 1.165) is 26.3 Å². The van der Waals surface area contributed by atoms with E-state index in [1.54, 1.807) is 24.6 Å². The number of anilines is 1. The number of rotatable bonds is 4. The van der Waals surface area contributed by atoms with Crippen molar-refractivity contribution in [2.24, 2.45) is 0 Å². The average molecular weight is 402 g/mol. The molecule has 0 saturated carbocycles. The van der Waals surface area contributed by atoms with Crippen LogP contribution in [0.5, 0.6) is 5.75 Å². The van der Waals surface area contributed by atoms with Crippen LogP contribution in [0.4, 0.5) is 5.69 Å². The SMILES string of the molecule is COc1ccc(N2C(=S)N[C@H](c3ccccn3)[C@@H]2c2ccc(Cl)s2)cc1. The lowest BCUT2D eigenvalue weighted by atomic mass is 10.0. The van der Waals surface area contributed by atoms with Crippen LogP contribution in [0.1, 0.15) is 22.7 Å².